The molecule has 3 atom stereocenters. The summed E-state index contributed by atoms with van der Waals surface area (Å²) in [7, 11) is 0. The number of amides is 3. The van der Waals surface area contributed by atoms with E-state index in [4.69, 9.17) is 5.73 Å². The third-order valence-electron chi connectivity index (χ3n) is 6.45. The molecule has 0 saturated heterocycles. The molecule has 12 heteroatoms. The summed E-state index contributed by atoms with van der Waals surface area (Å²) in [4.78, 5) is 61.0. The molecule has 3 amide bonds. The number of fused-ring (bicyclic) bond motifs is 1. The van der Waals surface area contributed by atoms with Gasteiger partial charge in [-0.25, -0.2) is 9.78 Å². The van der Waals surface area contributed by atoms with Crippen molar-refractivity contribution in [3.63, 3.8) is 0 Å². The Bertz CT molecular complexity index is 1450. The lowest BCUT2D eigenvalue weighted by molar-refractivity contribution is -0.142. The molecule has 0 bridgehead atoms. The quantitative estimate of drug-likeness (QED) is 0.126. The van der Waals surface area contributed by atoms with Crippen LogP contribution in [-0.2, 0) is 38.4 Å². The van der Waals surface area contributed by atoms with Crippen LogP contribution < -0.4 is 21.7 Å². The third kappa shape index (κ3) is 7.32. The summed E-state index contributed by atoms with van der Waals surface area (Å²) in [6, 6.07) is 13.2. The molecular weight excluding hydrogens is 514 g/mol. The summed E-state index contributed by atoms with van der Waals surface area (Å²) in [5.41, 5.74) is 8.39. The maximum Gasteiger partial charge on any atom is 0.326 e. The van der Waals surface area contributed by atoms with Crippen LogP contribution in [-0.4, -0.2) is 68.4 Å². The van der Waals surface area contributed by atoms with Gasteiger partial charge in [0.25, 0.3) is 0 Å². The van der Waals surface area contributed by atoms with E-state index in [0.717, 1.165) is 22.0 Å². The van der Waals surface area contributed by atoms with E-state index in [1.165, 1.54) is 12.5 Å². The number of carboxylic acids is 1. The van der Waals surface area contributed by atoms with Gasteiger partial charge in [-0.1, -0.05) is 48.5 Å². The summed E-state index contributed by atoms with van der Waals surface area (Å²) in [5, 5.41) is 18.5. The fraction of sp³-hybridized carbons (Fsp3) is 0.250. The number of hydrogen-bond acceptors (Lipinski definition) is 6. The largest absolute Gasteiger partial charge is 0.480 e. The lowest BCUT2D eigenvalue weighted by Crippen LogP contribution is -2.57. The third-order valence-corrected chi connectivity index (χ3v) is 6.45. The number of H-pyrrole nitrogens is 2. The molecule has 0 radical (unpaired) electrons. The number of rotatable bonds is 13. The van der Waals surface area contributed by atoms with Crippen molar-refractivity contribution in [1.29, 1.82) is 0 Å². The number of aromatic amines is 2. The van der Waals surface area contributed by atoms with Gasteiger partial charge >= 0.3 is 5.97 Å². The van der Waals surface area contributed by atoms with Crippen LogP contribution in [0.3, 0.4) is 0 Å². The van der Waals surface area contributed by atoms with Crippen molar-refractivity contribution in [3.8, 4) is 0 Å². The number of nitrogens with zero attached hydrogens (tertiary/aromatic N) is 1. The average molecular weight is 546 g/mol. The van der Waals surface area contributed by atoms with Gasteiger partial charge in [-0.2, -0.15) is 0 Å². The lowest BCUT2D eigenvalue weighted by atomic mass is 10.0. The fourth-order valence-electron chi connectivity index (χ4n) is 4.40. The second kappa shape index (κ2) is 13.2. The molecule has 40 heavy (non-hydrogen) atoms. The predicted molar refractivity (Wildman–Crippen MR) is 147 cm³/mol. The summed E-state index contributed by atoms with van der Waals surface area (Å²) >= 11 is 0. The Labute approximate surface area is 229 Å². The second-order valence-electron chi connectivity index (χ2n) is 9.32. The molecule has 0 fully saturated rings. The molecule has 0 saturated carbocycles. The number of aliphatic carboxylic acids is 1. The van der Waals surface area contributed by atoms with Crippen molar-refractivity contribution >= 4 is 34.6 Å². The molecular formula is C28H31N7O5. The number of nitrogens with one attached hydrogen (secondary N) is 5. The van der Waals surface area contributed by atoms with Crippen molar-refractivity contribution in [1.82, 2.24) is 30.9 Å². The van der Waals surface area contributed by atoms with Gasteiger partial charge in [-0.05, 0) is 17.2 Å². The highest BCUT2D eigenvalue weighted by Gasteiger charge is 2.30. The van der Waals surface area contributed by atoms with Crippen LogP contribution in [0.1, 0.15) is 16.8 Å². The van der Waals surface area contributed by atoms with Crippen LogP contribution in [0, 0.1) is 0 Å². The first-order chi connectivity index (χ1) is 19.3. The maximum atomic E-state index is 13.5. The molecule has 12 nitrogen and oxygen atoms in total. The Morgan fingerprint density at radius 1 is 0.825 bits per heavy atom. The predicted octanol–water partition coefficient (Wildman–Crippen LogP) is 0.417. The van der Waals surface area contributed by atoms with Crippen LogP contribution in [0.5, 0.6) is 0 Å². The highest BCUT2D eigenvalue weighted by Crippen LogP contribution is 2.19. The minimum absolute atomic E-state index is 0.0297. The van der Waals surface area contributed by atoms with E-state index in [-0.39, 0.29) is 25.8 Å². The highest BCUT2D eigenvalue weighted by atomic mass is 16.4. The molecule has 0 aliphatic heterocycles. The Morgan fingerprint density at radius 3 is 2.17 bits per heavy atom. The molecule has 2 heterocycles. The van der Waals surface area contributed by atoms with E-state index in [9.17, 15) is 24.3 Å². The van der Waals surface area contributed by atoms with Crippen LogP contribution in [0.4, 0.5) is 0 Å². The number of aromatic nitrogens is 3. The van der Waals surface area contributed by atoms with Gasteiger partial charge in [0.15, 0.2) is 0 Å². The second-order valence-corrected chi connectivity index (χ2v) is 9.32. The van der Waals surface area contributed by atoms with Crippen molar-refractivity contribution in [2.45, 2.75) is 37.4 Å². The first-order valence-corrected chi connectivity index (χ1v) is 12.7. The van der Waals surface area contributed by atoms with Gasteiger partial charge < -0.3 is 36.8 Å². The Hall–Kier alpha value is -4.97. The Balaban J connectivity index is 1.59. The molecule has 2 aromatic heterocycles. The van der Waals surface area contributed by atoms with Gasteiger partial charge in [0.1, 0.15) is 18.1 Å². The van der Waals surface area contributed by atoms with Crippen LogP contribution in [0.2, 0.25) is 0 Å². The van der Waals surface area contributed by atoms with Crippen molar-refractivity contribution in [3.05, 3.63) is 90.1 Å². The summed E-state index contributed by atoms with van der Waals surface area (Å²) in [6.07, 6.45) is 4.84. The maximum absolute atomic E-state index is 13.5. The average Bonchev–Trinajstić information content (AvgIpc) is 3.62. The fourth-order valence-corrected chi connectivity index (χ4v) is 4.40. The highest BCUT2D eigenvalue weighted by molar-refractivity contribution is 5.94. The Kier molecular flexibility index (Phi) is 9.26. The first kappa shape index (κ1) is 28.0. The van der Waals surface area contributed by atoms with Gasteiger partial charge in [0.2, 0.25) is 17.7 Å². The zero-order chi connectivity index (χ0) is 28.5. The molecule has 0 aliphatic carbocycles. The van der Waals surface area contributed by atoms with Gasteiger partial charge in [0.05, 0.1) is 12.9 Å². The molecule has 4 rings (SSSR count). The van der Waals surface area contributed by atoms with Crippen molar-refractivity contribution in [2.75, 3.05) is 6.54 Å². The summed E-state index contributed by atoms with van der Waals surface area (Å²) in [6.45, 7) is -0.314. The van der Waals surface area contributed by atoms with E-state index < -0.39 is 41.8 Å². The van der Waals surface area contributed by atoms with E-state index in [1.807, 2.05) is 54.6 Å². The number of imidazole rings is 1. The topological polar surface area (TPSA) is 195 Å². The molecule has 4 aromatic rings. The number of carbonyl (C=O) groups is 4. The van der Waals surface area contributed by atoms with E-state index in [1.54, 1.807) is 6.20 Å². The van der Waals surface area contributed by atoms with Gasteiger partial charge in [-0.15, -0.1) is 0 Å². The molecule has 0 spiro atoms. The molecule has 2 aromatic carbocycles. The zero-order valence-corrected chi connectivity index (χ0v) is 21.6. The van der Waals surface area contributed by atoms with E-state index in [2.05, 4.69) is 30.9 Å². The summed E-state index contributed by atoms with van der Waals surface area (Å²) < 4.78 is 0. The molecule has 3 unspecified atom stereocenters. The molecule has 8 N–H and O–H groups in total. The Morgan fingerprint density at radius 2 is 1.50 bits per heavy atom. The van der Waals surface area contributed by atoms with Crippen molar-refractivity contribution in [2.24, 2.45) is 5.73 Å². The number of carboxylic acid groups (broad SMARTS) is 1. The molecule has 0 aliphatic rings. The van der Waals surface area contributed by atoms with E-state index >= 15 is 0 Å². The van der Waals surface area contributed by atoms with Crippen LogP contribution in [0.15, 0.2) is 73.3 Å². The molecule has 208 valence electrons. The number of hydrogen-bond donors (Lipinski definition) is 7. The minimum atomic E-state index is -1.27. The van der Waals surface area contributed by atoms with Gasteiger partial charge in [0, 0.05) is 48.3 Å². The SMILES string of the molecule is NCC(=O)NC(Cc1ccccc1)C(=O)NC(Cc1c[nH]c2ccccc12)C(=O)NC(Cc1cnc[nH]1)C(=O)O. The number of nitrogens with two attached hydrogens (primary N) is 1. The smallest absolute Gasteiger partial charge is 0.326 e. The van der Waals surface area contributed by atoms with E-state index in [0.29, 0.717) is 5.69 Å². The number of carbonyl (C=O) groups excluding carboxylic acids is 3. The minimum Gasteiger partial charge on any atom is -0.480 e. The van der Waals surface area contributed by atoms with Crippen molar-refractivity contribution < 1.29 is 24.3 Å². The number of benzene rings is 2. The first-order valence-electron chi connectivity index (χ1n) is 12.7. The monoisotopic (exact) mass is 545 g/mol. The van der Waals surface area contributed by atoms with Crippen LogP contribution in [0.25, 0.3) is 10.9 Å². The van der Waals surface area contributed by atoms with Gasteiger partial charge in [-0.3, -0.25) is 14.4 Å². The lowest BCUT2D eigenvalue weighted by Gasteiger charge is -2.24. The van der Waals surface area contributed by atoms with Crippen LogP contribution >= 0.6 is 0 Å². The summed E-state index contributed by atoms with van der Waals surface area (Å²) in [5.74, 6) is -3.06. The normalized spacial score (nSPS) is 13.2. The number of para-hydroxylation sites is 1. The standard InChI is InChI=1S/C28H31N7O5/c29-13-25(36)33-22(10-17-6-2-1-3-7-17)26(37)34-23(11-18-14-31-21-9-5-4-8-20(18)21)27(38)35-24(28(39)40)12-19-15-30-16-32-19/h1-9,14-16,22-24,31H,10-13,29H2,(H,30,32)(H,33,36)(H,34,37)(H,35,38)(H,39,40). The zero-order valence-electron chi connectivity index (χ0n) is 21.6.